The van der Waals surface area contributed by atoms with E-state index in [1.807, 2.05) is 0 Å². The van der Waals surface area contributed by atoms with Crippen LogP contribution >= 0.6 is 0 Å². The summed E-state index contributed by atoms with van der Waals surface area (Å²) in [5, 5.41) is 2.17. The average Bonchev–Trinajstić information content (AvgIpc) is 2.18. The molecular formula is C9H9F3N2O2. The maximum Gasteiger partial charge on any atom is 0.431 e. The highest BCUT2D eigenvalue weighted by Crippen LogP contribution is 2.27. The van der Waals surface area contributed by atoms with Gasteiger partial charge in [-0.2, -0.15) is 13.2 Å². The molecule has 0 aliphatic heterocycles. The van der Waals surface area contributed by atoms with E-state index in [-0.39, 0.29) is 5.56 Å². The predicted octanol–water partition coefficient (Wildman–Crippen LogP) is 0.764. The van der Waals surface area contributed by atoms with Crippen molar-refractivity contribution < 1.29 is 18.0 Å². The Morgan fingerprint density at radius 2 is 2.00 bits per heavy atom. The Morgan fingerprint density at radius 1 is 1.44 bits per heavy atom. The van der Waals surface area contributed by atoms with Crippen LogP contribution < -0.4 is 10.7 Å². The van der Waals surface area contributed by atoms with Gasteiger partial charge in [0.05, 0.1) is 0 Å². The molecule has 0 saturated carbocycles. The number of nitrogens with one attached hydrogen (secondary N) is 1. The van der Waals surface area contributed by atoms with E-state index in [0.29, 0.717) is 10.6 Å². The van der Waals surface area contributed by atoms with E-state index in [4.69, 9.17) is 0 Å². The maximum absolute atomic E-state index is 12.4. The smallest absolute Gasteiger partial charge is 0.355 e. The molecule has 0 atom stereocenters. The third-order valence-electron chi connectivity index (χ3n) is 2.00. The van der Waals surface area contributed by atoms with Gasteiger partial charge in [-0.15, -0.1) is 0 Å². The molecule has 0 radical (unpaired) electrons. The van der Waals surface area contributed by atoms with E-state index in [1.54, 1.807) is 0 Å². The normalized spacial score (nSPS) is 11.3. The molecule has 1 aromatic rings. The number of halogens is 3. The number of aromatic nitrogens is 1. The van der Waals surface area contributed by atoms with Crippen molar-refractivity contribution in [2.75, 3.05) is 7.05 Å². The molecule has 7 heteroatoms. The lowest BCUT2D eigenvalue weighted by atomic mass is 10.2. The Kier molecular flexibility index (Phi) is 3.06. The molecule has 0 aromatic carbocycles. The Morgan fingerprint density at radius 3 is 2.44 bits per heavy atom. The SMILES string of the molecule is CNC(=O)c1cn(C)c(C(F)(F)F)cc1=O. The van der Waals surface area contributed by atoms with E-state index in [2.05, 4.69) is 5.32 Å². The molecule has 0 bridgehead atoms. The van der Waals surface area contributed by atoms with Crippen LogP contribution in [0.2, 0.25) is 0 Å². The van der Waals surface area contributed by atoms with Gasteiger partial charge in [-0.05, 0) is 0 Å². The van der Waals surface area contributed by atoms with Gasteiger partial charge >= 0.3 is 6.18 Å². The number of rotatable bonds is 1. The summed E-state index contributed by atoms with van der Waals surface area (Å²) in [5.74, 6) is -0.714. The molecule has 1 rings (SSSR count). The first-order valence-electron chi connectivity index (χ1n) is 4.27. The third-order valence-corrected chi connectivity index (χ3v) is 2.00. The van der Waals surface area contributed by atoms with Crippen LogP contribution in [0.3, 0.4) is 0 Å². The summed E-state index contributed by atoms with van der Waals surface area (Å²) < 4.78 is 37.8. The third kappa shape index (κ3) is 2.23. The lowest BCUT2D eigenvalue weighted by molar-refractivity contribution is -0.143. The molecule has 16 heavy (non-hydrogen) atoms. The molecule has 1 aromatic heterocycles. The first kappa shape index (κ1) is 12.3. The zero-order valence-electron chi connectivity index (χ0n) is 8.55. The molecule has 0 aliphatic rings. The van der Waals surface area contributed by atoms with Crippen molar-refractivity contribution in [3.63, 3.8) is 0 Å². The predicted molar refractivity (Wildman–Crippen MR) is 50.1 cm³/mol. The van der Waals surface area contributed by atoms with Crippen LogP contribution in [0.5, 0.6) is 0 Å². The van der Waals surface area contributed by atoms with Crippen molar-refractivity contribution in [3.05, 3.63) is 33.7 Å². The summed E-state index contributed by atoms with van der Waals surface area (Å²) in [6.45, 7) is 0. The molecular weight excluding hydrogens is 225 g/mol. The summed E-state index contributed by atoms with van der Waals surface area (Å²) >= 11 is 0. The molecule has 0 unspecified atom stereocenters. The minimum Gasteiger partial charge on any atom is -0.355 e. The van der Waals surface area contributed by atoms with Crippen LogP contribution in [-0.4, -0.2) is 17.5 Å². The summed E-state index contributed by atoms with van der Waals surface area (Å²) in [4.78, 5) is 22.4. The minimum absolute atomic E-state index is 0.321. The Labute approximate surface area is 88.7 Å². The zero-order valence-corrected chi connectivity index (χ0v) is 8.55. The van der Waals surface area contributed by atoms with Gasteiger partial charge in [0.1, 0.15) is 11.3 Å². The number of carbonyl (C=O) groups is 1. The molecule has 4 nitrogen and oxygen atoms in total. The first-order valence-corrected chi connectivity index (χ1v) is 4.27. The van der Waals surface area contributed by atoms with Crippen molar-refractivity contribution in [3.8, 4) is 0 Å². The maximum atomic E-state index is 12.4. The van der Waals surface area contributed by atoms with Gasteiger partial charge in [0.25, 0.3) is 5.91 Å². The highest BCUT2D eigenvalue weighted by atomic mass is 19.4. The van der Waals surface area contributed by atoms with Gasteiger partial charge in [-0.3, -0.25) is 9.59 Å². The average molecular weight is 234 g/mol. The number of amides is 1. The van der Waals surface area contributed by atoms with Crippen LogP contribution in [0.4, 0.5) is 13.2 Å². The molecule has 0 fully saturated rings. The zero-order chi connectivity index (χ0) is 12.5. The molecule has 1 N–H and O–H groups in total. The van der Waals surface area contributed by atoms with E-state index >= 15 is 0 Å². The summed E-state index contributed by atoms with van der Waals surface area (Å²) in [6.07, 6.45) is -3.75. The number of pyridine rings is 1. The first-order chi connectivity index (χ1) is 7.27. The molecule has 0 saturated heterocycles. The lowest BCUT2D eigenvalue weighted by Gasteiger charge is -2.12. The number of alkyl halides is 3. The topological polar surface area (TPSA) is 51.1 Å². The van der Waals surface area contributed by atoms with Crippen molar-refractivity contribution >= 4 is 5.91 Å². The van der Waals surface area contributed by atoms with Gasteiger partial charge < -0.3 is 9.88 Å². The van der Waals surface area contributed by atoms with Crippen molar-refractivity contribution in [1.29, 1.82) is 0 Å². The molecule has 88 valence electrons. The number of carbonyl (C=O) groups excluding carboxylic acids is 1. The molecule has 1 heterocycles. The van der Waals surface area contributed by atoms with Gasteiger partial charge in [0.15, 0.2) is 5.43 Å². The fourth-order valence-electron chi connectivity index (χ4n) is 1.22. The van der Waals surface area contributed by atoms with E-state index < -0.39 is 23.2 Å². The molecule has 0 aliphatic carbocycles. The van der Waals surface area contributed by atoms with Gasteiger partial charge in [0.2, 0.25) is 0 Å². The largest absolute Gasteiger partial charge is 0.431 e. The number of aryl methyl sites for hydroxylation is 1. The Hall–Kier alpha value is -1.79. The summed E-state index contributed by atoms with van der Waals surface area (Å²) in [7, 11) is 2.41. The van der Waals surface area contributed by atoms with E-state index in [1.165, 1.54) is 7.05 Å². The van der Waals surface area contributed by atoms with E-state index in [9.17, 15) is 22.8 Å². The minimum atomic E-state index is -4.62. The second kappa shape index (κ2) is 3.99. The fourth-order valence-corrected chi connectivity index (χ4v) is 1.22. The molecule has 1 amide bonds. The van der Waals surface area contributed by atoms with Crippen LogP contribution in [0.25, 0.3) is 0 Å². The quantitative estimate of drug-likeness (QED) is 0.780. The standard InChI is InChI=1S/C9H9F3N2O2/c1-13-8(16)5-4-14(2)7(3-6(5)15)9(10,11)12/h3-4H,1-2H3,(H,13,16). The second-order valence-electron chi connectivity index (χ2n) is 3.12. The monoisotopic (exact) mass is 234 g/mol. The summed E-state index contributed by atoms with van der Waals surface area (Å²) in [5.41, 5.74) is -2.37. The summed E-state index contributed by atoms with van der Waals surface area (Å²) in [6, 6.07) is 0.407. The van der Waals surface area contributed by atoms with Crippen LogP contribution in [-0.2, 0) is 13.2 Å². The lowest BCUT2D eigenvalue weighted by Crippen LogP contribution is -2.28. The number of hydrogen-bond donors (Lipinski definition) is 1. The van der Waals surface area contributed by atoms with Crippen LogP contribution in [0, 0.1) is 0 Å². The van der Waals surface area contributed by atoms with Crippen molar-refractivity contribution in [1.82, 2.24) is 9.88 Å². The fraction of sp³-hybridized carbons (Fsp3) is 0.333. The van der Waals surface area contributed by atoms with Gasteiger partial charge in [-0.25, -0.2) is 0 Å². The van der Waals surface area contributed by atoms with Gasteiger partial charge in [-0.1, -0.05) is 0 Å². The second-order valence-corrected chi connectivity index (χ2v) is 3.12. The highest BCUT2D eigenvalue weighted by Gasteiger charge is 2.34. The number of nitrogens with zero attached hydrogens (tertiary/aromatic N) is 1. The Bertz CT molecular complexity index is 477. The van der Waals surface area contributed by atoms with E-state index in [0.717, 1.165) is 13.2 Å². The van der Waals surface area contributed by atoms with Crippen LogP contribution in [0.1, 0.15) is 16.1 Å². The van der Waals surface area contributed by atoms with Crippen molar-refractivity contribution in [2.45, 2.75) is 6.18 Å². The van der Waals surface area contributed by atoms with Gasteiger partial charge in [0, 0.05) is 26.4 Å². The van der Waals surface area contributed by atoms with Crippen molar-refractivity contribution in [2.24, 2.45) is 7.05 Å². The molecule has 0 spiro atoms. The highest BCUT2D eigenvalue weighted by molar-refractivity contribution is 5.93. The van der Waals surface area contributed by atoms with Crippen LogP contribution in [0.15, 0.2) is 17.1 Å². The Balaban J connectivity index is 3.40. The number of hydrogen-bond acceptors (Lipinski definition) is 2.